The number of carbonyl (C=O) groups excluding carboxylic acids is 1. The molecule has 0 fully saturated rings. The number of amides is 1. The summed E-state index contributed by atoms with van der Waals surface area (Å²) in [7, 11) is 0. The molecule has 1 aromatic heterocycles. The summed E-state index contributed by atoms with van der Waals surface area (Å²) in [6, 6.07) is 15.2. The van der Waals surface area contributed by atoms with Crippen molar-refractivity contribution in [1.29, 1.82) is 5.26 Å². The highest BCUT2D eigenvalue weighted by Crippen LogP contribution is 2.27. The Labute approximate surface area is 177 Å². The van der Waals surface area contributed by atoms with E-state index in [1.54, 1.807) is 18.2 Å². The zero-order chi connectivity index (χ0) is 20.6. The highest BCUT2D eigenvalue weighted by atomic mass is 79.9. The average molecular weight is 448 g/mol. The fourth-order valence-corrected chi connectivity index (χ4v) is 3.41. The maximum atomic E-state index is 12.4. The van der Waals surface area contributed by atoms with Crippen molar-refractivity contribution in [3.63, 3.8) is 0 Å². The number of hydrogen-bond donors (Lipinski definition) is 2. The minimum Gasteiger partial charge on any atom is -0.480 e. The number of nitrogens with zero attached hydrogens (tertiary/aromatic N) is 1. The van der Waals surface area contributed by atoms with Crippen LogP contribution in [0.1, 0.15) is 11.1 Å². The molecule has 29 heavy (non-hydrogen) atoms. The summed E-state index contributed by atoms with van der Waals surface area (Å²) in [5.74, 6) is 2.59. The third-order valence-corrected chi connectivity index (χ3v) is 4.92. The van der Waals surface area contributed by atoms with Gasteiger partial charge in [0.15, 0.2) is 0 Å². The minimum absolute atomic E-state index is 0.0353. The normalized spacial score (nSPS) is 10.9. The maximum absolute atomic E-state index is 12.4. The Kier molecular flexibility index (Phi) is 6.73. The van der Waals surface area contributed by atoms with Gasteiger partial charge in [-0.05, 0) is 57.8 Å². The van der Waals surface area contributed by atoms with Crippen molar-refractivity contribution in [2.75, 3.05) is 13.2 Å². The van der Waals surface area contributed by atoms with Crippen LogP contribution in [0, 0.1) is 23.7 Å². The summed E-state index contributed by atoms with van der Waals surface area (Å²) in [6.45, 7) is 0.596. The van der Waals surface area contributed by atoms with Crippen LogP contribution in [0.25, 0.3) is 17.0 Å². The van der Waals surface area contributed by atoms with Crippen molar-refractivity contribution in [3.8, 4) is 24.2 Å². The number of carbonyl (C=O) groups is 1. The number of ether oxygens (including phenoxy) is 1. The van der Waals surface area contributed by atoms with E-state index in [1.165, 1.54) is 6.08 Å². The van der Waals surface area contributed by atoms with Gasteiger partial charge in [0.2, 0.25) is 0 Å². The zero-order valence-electron chi connectivity index (χ0n) is 15.5. The standard InChI is InChI=1S/C23H18BrN3O2/c1-2-11-29-22-8-7-16(13-20(22)24)12-18(14-25)23(28)26-10-9-17-15-27-21-6-4-3-5-19(17)21/h1,3-8,12-13,15,27H,9-11H2,(H,26,28). The molecule has 3 rings (SSSR count). The molecule has 0 bridgehead atoms. The summed E-state index contributed by atoms with van der Waals surface area (Å²) in [5, 5.41) is 13.3. The quantitative estimate of drug-likeness (QED) is 0.323. The van der Waals surface area contributed by atoms with Crippen LogP contribution >= 0.6 is 15.9 Å². The third kappa shape index (κ3) is 5.07. The van der Waals surface area contributed by atoms with E-state index >= 15 is 0 Å². The van der Waals surface area contributed by atoms with Gasteiger partial charge in [0.05, 0.1) is 4.47 Å². The Morgan fingerprint density at radius 1 is 1.31 bits per heavy atom. The first-order valence-electron chi connectivity index (χ1n) is 8.93. The van der Waals surface area contributed by atoms with Gasteiger partial charge in [0, 0.05) is 23.6 Å². The van der Waals surface area contributed by atoms with Gasteiger partial charge < -0.3 is 15.0 Å². The molecule has 0 aliphatic carbocycles. The van der Waals surface area contributed by atoms with Gasteiger partial charge in [-0.25, -0.2) is 0 Å². The van der Waals surface area contributed by atoms with Crippen LogP contribution in [0.4, 0.5) is 0 Å². The third-order valence-electron chi connectivity index (χ3n) is 4.30. The van der Waals surface area contributed by atoms with Crippen molar-refractivity contribution < 1.29 is 9.53 Å². The van der Waals surface area contributed by atoms with E-state index < -0.39 is 5.91 Å². The lowest BCUT2D eigenvalue weighted by atomic mass is 10.1. The number of para-hydroxylation sites is 1. The summed E-state index contributed by atoms with van der Waals surface area (Å²) in [6.07, 6.45) is 9.34. The molecule has 0 unspecified atom stereocenters. The first-order chi connectivity index (χ1) is 14.1. The summed E-state index contributed by atoms with van der Waals surface area (Å²) in [5.41, 5.74) is 2.92. The second-order valence-electron chi connectivity index (χ2n) is 6.22. The molecule has 0 spiro atoms. The Morgan fingerprint density at radius 2 is 2.14 bits per heavy atom. The first-order valence-corrected chi connectivity index (χ1v) is 9.72. The Hall–Kier alpha value is -3.48. The molecular formula is C23H18BrN3O2. The predicted molar refractivity (Wildman–Crippen MR) is 117 cm³/mol. The van der Waals surface area contributed by atoms with Crippen molar-refractivity contribution >= 4 is 38.8 Å². The maximum Gasteiger partial charge on any atom is 0.261 e. The average Bonchev–Trinajstić information content (AvgIpc) is 3.14. The van der Waals surface area contributed by atoms with E-state index in [-0.39, 0.29) is 12.2 Å². The van der Waals surface area contributed by atoms with Crippen molar-refractivity contribution in [2.45, 2.75) is 6.42 Å². The molecular weight excluding hydrogens is 430 g/mol. The summed E-state index contributed by atoms with van der Waals surface area (Å²) in [4.78, 5) is 15.6. The summed E-state index contributed by atoms with van der Waals surface area (Å²) < 4.78 is 6.08. The number of nitriles is 1. The van der Waals surface area contributed by atoms with E-state index in [9.17, 15) is 10.1 Å². The van der Waals surface area contributed by atoms with Gasteiger partial charge in [-0.3, -0.25) is 4.79 Å². The second-order valence-corrected chi connectivity index (χ2v) is 7.07. The molecule has 3 aromatic rings. The van der Waals surface area contributed by atoms with E-state index in [0.717, 1.165) is 16.5 Å². The molecule has 2 N–H and O–H groups in total. The minimum atomic E-state index is -0.406. The van der Waals surface area contributed by atoms with Gasteiger partial charge in [-0.2, -0.15) is 5.26 Å². The molecule has 6 heteroatoms. The number of rotatable bonds is 7. The van der Waals surface area contributed by atoms with E-state index in [1.807, 2.05) is 36.5 Å². The number of H-pyrrole nitrogens is 1. The molecule has 0 aliphatic heterocycles. The van der Waals surface area contributed by atoms with Gasteiger partial charge >= 0.3 is 0 Å². The molecule has 2 aromatic carbocycles. The van der Waals surface area contributed by atoms with Crippen molar-refractivity contribution in [1.82, 2.24) is 10.3 Å². The SMILES string of the molecule is C#CCOc1ccc(C=C(C#N)C(=O)NCCc2c[nH]c3ccccc23)cc1Br. The van der Waals surface area contributed by atoms with E-state index in [0.29, 0.717) is 28.8 Å². The largest absolute Gasteiger partial charge is 0.480 e. The lowest BCUT2D eigenvalue weighted by molar-refractivity contribution is -0.117. The molecule has 1 heterocycles. The molecule has 0 aliphatic rings. The monoisotopic (exact) mass is 447 g/mol. The molecule has 0 saturated heterocycles. The Bertz CT molecular complexity index is 1150. The van der Waals surface area contributed by atoms with E-state index in [2.05, 4.69) is 32.2 Å². The van der Waals surface area contributed by atoms with Gasteiger partial charge in [-0.1, -0.05) is 30.2 Å². The number of aromatic nitrogens is 1. The van der Waals surface area contributed by atoms with Gasteiger partial charge in [-0.15, -0.1) is 6.42 Å². The van der Waals surface area contributed by atoms with Crippen molar-refractivity contribution in [3.05, 3.63) is 69.8 Å². The molecule has 0 atom stereocenters. The fourth-order valence-electron chi connectivity index (χ4n) is 2.90. The van der Waals surface area contributed by atoms with Crippen LogP contribution in [0.3, 0.4) is 0 Å². The highest BCUT2D eigenvalue weighted by Gasteiger charge is 2.10. The zero-order valence-corrected chi connectivity index (χ0v) is 17.1. The summed E-state index contributed by atoms with van der Waals surface area (Å²) >= 11 is 3.40. The smallest absolute Gasteiger partial charge is 0.261 e. The van der Waals surface area contributed by atoms with Crippen LogP contribution in [0.5, 0.6) is 5.75 Å². The number of hydrogen-bond acceptors (Lipinski definition) is 3. The first kappa shape index (κ1) is 20.3. The number of benzene rings is 2. The predicted octanol–water partition coefficient (Wildman–Crippen LogP) is 4.21. The number of aromatic amines is 1. The van der Waals surface area contributed by atoms with Gasteiger partial charge in [0.25, 0.3) is 5.91 Å². The lowest BCUT2D eigenvalue weighted by Crippen LogP contribution is -2.26. The number of halogens is 1. The van der Waals surface area contributed by atoms with Crippen LogP contribution in [0.2, 0.25) is 0 Å². The van der Waals surface area contributed by atoms with Gasteiger partial charge in [0.1, 0.15) is 24.0 Å². The number of terminal acetylenes is 1. The molecule has 144 valence electrons. The number of nitrogens with one attached hydrogen (secondary N) is 2. The molecule has 0 saturated carbocycles. The Morgan fingerprint density at radius 3 is 2.90 bits per heavy atom. The number of fused-ring (bicyclic) bond motifs is 1. The highest BCUT2D eigenvalue weighted by molar-refractivity contribution is 9.10. The van der Waals surface area contributed by atoms with E-state index in [4.69, 9.17) is 11.2 Å². The Balaban J connectivity index is 1.63. The fraction of sp³-hybridized carbons (Fsp3) is 0.130. The second kappa shape index (κ2) is 9.64. The van der Waals surface area contributed by atoms with Crippen LogP contribution in [-0.2, 0) is 11.2 Å². The molecule has 5 nitrogen and oxygen atoms in total. The van der Waals surface area contributed by atoms with Crippen LogP contribution in [0.15, 0.2) is 58.7 Å². The van der Waals surface area contributed by atoms with Crippen LogP contribution in [-0.4, -0.2) is 24.0 Å². The van der Waals surface area contributed by atoms with Crippen LogP contribution < -0.4 is 10.1 Å². The molecule has 1 amide bonds. The molecule has 0 radical (unpaired) electrons. The van der Waals surface area contributed by atoms with Crippen molar-refractivity contribution in [2.24, 2.45) is 0 Å². The topological polar surface area (TPSA) is 77.9 Å². The lowest BCUT2D eigenvalue weighted by Gasteiger charge is -2.07.